The third kappa shape index (κ3) is 2.71. The van der Waals surface area contributed by atoms with Crippen LogP contribution in [0.25, 0.3) is 0 Å². The number of carbonyl (C=O) groups is 3. The molecule has 2 aliphatic heterocycles. The molecular weight excluding hydrogens is 436 g/mol. The van der Waals surface area contributed by atoms with Crippen molar-refractivity contribution in [2.45, 2.75) is 44.0 Å². The van der Waals surface area contributed by atoms with Gasteiger partial charge in [0.15, 0.2) is 0 Å². The van der Waals surface area contributed by atoms with E-state index in [1.807, 2.05) is 24.3 Å². The lowest BCUT2D eigenvalue weighted by atomic mass is 9.96. The van der Waals surface area contributed by atoms with E-state index in [-0.39, 0.29) is 37.3 Å². The minimum Gasteiger partial charge on any atom is -0.458 e. The van der Waals surface area contributed by atoms with E-state index in [1.165, 1.54) is 4.90 Å². The lowest BCUT2D eigenvalue weighted by Gasteiger charge is -2.48. The Morgan fingerprint density at radius 1 is 1.10 bits per heavy atom. The fraction of sp³-hybridized carbons (Fsp3) is 0.318. The molecule has 2 aromatic carbocycles. The van der Waals surface area contributed by atoms with Crippen molar-refractivity contribution in [3.8, 4) is 0 Å². The van der Waals surface area contributed by atoms with E-state index in [0.29, 0.717) is 11.3 Å². The van der Waals surface area contributed by atoms with Gasteiger partial charge < -0.3 is 9.64 Å². The maximum absolute atomic E-state index is 13.5. The van der Waals surface area contributed by atoms with E-state index in [0.717, 1.165) is 22.9 Å². The van der Waals surface area contributed by atoms with Gasteiger partial charge in [-0.2, -0.15) is 0 Å². The predicted octanol–water partition coefficient (Wildman–Crippen LogP) is 3.63. The molecule has 7 heteroatoms. The van der Waals surface area contributed by atoms with Gasteiger partial charge in [-0.3, -0.25) is 14.5 Å². The summed E-state index contributed by atoms with van der Waals surface area (Å²) in [5, 5.41) is 0. The Balaban J connectivity index is 1.56. The predicted molar refractivity (Wildman–Crippen MR) is 109 cm³/mol. The van der Waals surface area contributed by atoms with Gasteiger partial charge in [0.2, 0.25) is 11.6 Å². The van der Waals surface area contributed by atoms with Crippen molar-refractivity contribution in [3.05, 3.63) is 64.1 Å². The smallest absolute Gasteiger partial charge is 0.354 e. The summed E-state index contributed by atoms with van der Waals surface area (Å²) < 4.78 is 6.56. The SMILES string of the molecule is O=C1CC[C@]2(C(=O)OCc3ccccc3Br)N1c1ccccc1C(=O)N2C1CC1. The van der Waals surface area contributed by atoms with Crippen LogP contribution in [0.1, 0.15) is 41.6 Å². The molecule has 0 N–H and O–H groups in total. The second kappa shape index (κ2) is 6.69. The number of esters is 1. The first kappa shape index (κ1) is 18.4. The Bertz CT molecular complexity index is 1030. The largest absolute Gasteiger partial charge is 0.458 e. The zero-order valence-corrected chi connectivity index (χ0v) is 17.2. The molecule has 3 aliphatic rings. The number of halogens is 1. The molecule has 2 aromatic rings. The summed E-state index contributed by atoms with van der Waals surface area (Å²) in [7, 11) is 0. The van der Waals surface area contributed by atoms with Crippen molar-refractivity contribution >= 4 is 39.4 Å². The van der Waals surface area contributed by atoms with Crippen molar-refractivity contribution in [1.29, 1.82) is 0 Å². The van der Waals surface area contributed by atoms with Gasteiger partial charge in [-0.05, 0) is 31.0 Å². The van der Waals surface area contributed by atoms with E-state index in [4.69, 9.17) is 4.74 Å². The minimum absolute atomic E-state index is 0.0414. The Morgan fingerprint density at radius 2 is 1.83 bits per heavy atom. The highest BCUT2D eigenvalue weighted by Crippen LogP contribution is 2.49. The van der Waals surface area contributed by atoms with E-state index in [1.54, 1.807) is 29.2 Å². The Morgan fingerprint density at radius 3 is 2.59 bits per heavy atom. The van der Waals surface area contributed by atoms with Crippen LogP contribution >= 0.6 is 15.9 Å². The number of hydrogen-bond donors (Lipinski definition) is 0. The highest BCUT2D eigenvalue weighted by atomic mass is 79.9. The first-order valence-corrected chi connectivity index (χ1v) is 10.5. The van der Waals surface area contributed by atoms with Gasteiger partial charge in [0, 0.05) is 28.9 Å². The normalized spacial score (nSPS) is 23.1. The molecule has 0 aromatic heterocycles. The summed E-state index contributed by atoms with van der Waals surface area (Å²) >= 11 is 3.46. The first-order chi connectivity index (χ1) is 14.0. The maximum atomic E-state index is 13.5. The summed E-state index contributed by atoms with van der Waals surface area (Å²) in [6.45, 7) is 0.0678. The monoisotopic (exact) mass is 454 g/mol. The van der Waals surface area contributed by atoms with Gasteiger partial charge in [0.1, 0.15) is 6.61 Å². The van der Waals surface area contributed by atoms with Crippen LogP contribution in [0.4, 0.5) is 5.69 Å². The number of nitrogens with zero attached hydrogens (tertiary/aromatic N) is 2. The van der Waals surface area contributed by atoms with Gasteiger partial charge >= 0.3 is 5.97 Å². The van der Waals surface area contributed by atoms with Crippen molar-refractivity contribution in [2.24, 2.45) is 0 Å². The highest BCUT2D eigenvalue weighted by Gasteiger charge is 2.64. The molecule has 2 amide bonds. The number of fused-ring (bicyclic) bond motifs is 3. The molecule has 29 heavy (non-hydrogen) atoms. The average Bonchev–Trinajstić information content (AvgIpc) is 3.50. The topological polar surface area (TPSA) is 66.9 Å². The summed E-state index contributed by atoms with van der Waals surface area (Å²) in [5.74, 6) is -0.908. The van der Waals surface area contributed by atoms with E-state index in [9.17, 15) is 14.4 Å². The van der Waals surface area contributed by atoms with Crippen LogP contribution < -0.4 is 4.90 Å². The zero-order chi connectivity index (χ0) is 20.2. The fourth-order valence-corrected chi connectivity index (χ4v) is 4.79. The number of hydrogen-bond acceptors (Lipinski definition) is 4. The van der Waals surface area contributed by atoms with Crippen LogP contribution in [0.2, 0.25) is 0 Å². The van der Waals surface area contributed by atoms with Crippen molar-refractivity contribution in [1.82, 2.24) is 4.90 Å². The van der Waals surface area contributed by atoms with Gasteiger partial charge in [-0.15, -0.1) is 0 Å². The van der Waals surface area contributed by atoms with E-state index in [2.05, 4.69) is 15.9 Å². The lowest BCUT2D eigenvalue weighted by molar-refractivity contribution is -0.159. The molecule has 0 spiro atoms. The summed E-state index contributed by atoms with van der Waals surface area (Å²) in [5.41, 5.74) is 0.387. The second-order valence-electron chi connectivity index (χ2n) is 7.64. The number of carbonyl (C=O) groups excluding carboxylic acids is 3. The molecule has 1 atom stereocenters. The van der Waals surface area contributed by atoms with Crippen LogP contribution in [0, 0.1) is 0 Å². The lowest BCUT2D eigenvalue weighted by Crippen LogP contribution is -2.69. The molecule has 1 aliphatic carbocycles. The summed E-state index contributed by atoms with van der Waals surface area (Å²) in [4.78, 5) is 42.9. The Kier molecular flexibility index (Phi) is 4.24. The van der Waals surface area contributed by atoms with Crippen molar-refractivity contribution in [2.75, 3.05) is 4.90 Å². The van der Waals surface area contributed by atoms with E-state index < -0.39 is 11.6 Å². The highest BCUT2D eigenvalue weighted by molar-refractivity contribution is 9.10. The van der Waals surface area contributed by atoms with Gasteiger partial charge in [-0.25, -0.2) is 4.79 Å². The molecule has 2 heterocycles. The summed E-state index contributed by atoms with van der Waals surface area (Å²) in [6.07, 6.45) is 2.11. The summed E-state index contributed by atoms with van der Waals surface area (Å²) in [6, 6.07) is 14.5. The number of amides is 2. The minimum atomic E-state index is -1.40. The molecule has 0 bridgehead atoms. The van der Waals surface area contributed by atoms with Crippen molar-refractivity contribution in [3.63, 3.8) is 0 Å². The first-order valence-electron chi connectivity index (χ1n) is 9.70. The van der Waals surface area contributed by atoms with Crippen LogP contribution in [-0.4, -0.2) is 34.4 Å². The van der Waals surface area contributed by atoms with E-state index >= 15 is 0 Å². The van der Waals surface area contributed by atoms with Gasteiger partial charge in [0.05, 0.1) is 11.3 Å². The molecule has 1 saturated heterocycles. The zero-order valence-electron chi connectivity index (χ0n) is 15.6. The molecule has 0 radical (unpaired) electrons. The van der Waals surface area contributed by atoms with Crippen LogP contribution in [0.15, 0.2) is 53.0 Å². The molecule has 5 rings (SSSR count). The molecule has 2 fully saturated rings. The number of benzene rings is 2. The Labute approximate surface area is 176 Å². The number of anilines is 1. The standard InChI is InChI=1S/C22H19BrN2O4/c23-17-7-3-1-5-14(17)13-29-21(28)22-12-11-19(26)25(22)18-8-4-2-6-16(18)20(27)24(22)15-9-10-15/h1-8,15H,9-13H2/t22-/m1/s1. The maximum Gasteiger partial charge on any atom is 0.354 e. The molecular formula is C22H19BrN2O4. The van der Waals surface area contributed by atoms with Crippen LogP contribution in [0.3, 0.4) is 0 Å². The fourth-order valence-electron chi connectivity index (χ4n) is 4.39. The van der Waals surface area contributed by atoms with Gasteiger partial charge in [0.25, 0.3) is 5.91 Å². The number of rotatable bonds is 4. The number of ether oxygens (including phenoxy) is 1. The van der Waals surface area contributed by atoms with Crippen molar-refractivity contribution < 1.29 is 19.1 Å². The van der Waals surface area contributed by atoms with Crippen LogP contribution in [-0.2, 0) is 20.9 Å². The molecule has 148 valence electrons. The van der Waals surface area contributed by atoms with Crippen LogP contribution in [0.5, 0.6) is 0 Å². The average molecular weight is 455 g/mol. The second-order valence-corrected chi connectivity index (χ2v) is 8.49. The Hall–Kier alpha value is -2.67. The third-order valence-corrected chi connectivity index (χ3v) is 6.63. The number of para-hydroxylation sites is 1. The quantitative estimate of drug-likeness (QED) is 0.661. The molecule has 1 saturated carbocycles. The third-order valence-electron chi connectivity index (χ3n) is 5.86. The molecule has 6 nitrogen and oxygen atoms in total. The molecule has 0 unspecified atom stereocenters. The van der Waals surface area contributed by atoms with Gasteiger partial charge in [-0.1, -0.05) is 46.3 Å².